The van der Waals surface area contributed by atoms with Gasteiger partial charge in [-0.15, -0.1) is 11.8 Å². The summed E-state index contributed by atoms with van der Waals surface area (Å²) in [6.07, 6.45) is 0. The normalized spacial score (nSPS) is 18.0. The molecule has 1 aliphatic heterocycles. The number of para-hydroxylation sites is 1. The molecule has 162 valence electrons. The van der Waals surface area contributed by atoms with E-state index in [9.17, 15) is 4.79 Å². The van der Waals surface area contributed by atoms with E-state index in [0.717, 1.165) is 28.3 Å². The monoisotopic (exact) mass is 439 g/mol. The number of thioether (sulfide) groups is 1. The van der Waals surface area contributed by atoms with E-state index in [1.165, 1.54) is 0 Å². The Morgan fingerprint density at radius 3 is 2.42 bits per heavy atom. The Morgan fingerprint density at radius 1 is 1.03 bits per heavy atom. The minimum atomic E-state index is -0.267. The Morgan fingerprint density at radius 2 is 1.77 bits per heavy atom. The van der Waals surface area contributed by atoms with Crippen LogP contribution in [-0.4, -0.2) is 42.3 Å². The highest BCUT2D eigenvalue weighted by atomic mass is 32.2. The van der Waals surface area contributed by atoms with Gasteiger partial charge in [0.15, 0.2) is 11.5 Å². The van der Waals surface area contributed by atoms with Crippen LogP contribution in [0.5, 0.6) is 17.2 Å². The minimum absolute atomic E-state index is 0.0646. The van der Waals surface area contributed by atoms with Crippen molar-refractivity contribution < 1.29 is 19.0 Å². The van der Waals surface area contributed by atoms with Crippen molar-refractivity contribution >= 4 is 23.5 Å². The third-order valence-electron chi connectivity index (χ3n) is 5.35. The topological polar surface area (TPSA) is 74.6 Å². The van der Waals surface area contributed by atoms with Gasteiger partial charge < -0.3 is 19.5 Å². The van der Waals surface area contributed by atoms with E-state index in [1.807, 2.05) is 56.3 Å². The lowest BCUT2D eigenvalue weighted by atomic mass is 10.0. The molecule has 7 nitrogen and oxygen atoms in total. The lowest BCUT2D eigenvalue weighted by molar-refractivity contribution is -0.115. The number of rotatable bonds is 5. The number of hydrogen-bond acceptors (Lipinski definition) is 6. The summed E-state index contributed by atoms with van der Waals surface area (Å²) in [5, 5.41) is 7.43. The zero-order chi connectivity index (χ0) is 22.1. The lowest BCUT2D eigenvalue weighted by Gasteiger charge is -2.21. The summed E-state index contributed by atoms with van der Waals surface area (Å²) < 4.78 is 18.3. The predicted octanol–water partition coefficient (Wildman–Crippen LogP) is 4.37. The third kappa shape index (κ3) is 3.72. The van der Waals surface area contributed by atoms with Crippen LogP contribution in [0.25, 0.3) is 5.69 Å². The number of methoxy groups -OCH3 is 3. The van der Waals surface area contributed by atoms with Gasteiger partial charge in [-0.3, -0.25) is 4.79 Å². The number of benzene rings is 2. The minimum Gasteiger partial charge on any atom is -0.497 e. The van der Waals surface area contributed by atoms with Crippen LogP contribution >= 0.6 is 11.8 Å². The van der Waals surface area contributed by atoms with Gasteiger partial charge in [0.25, 0.3) is 0 Å². The molecule has 2 heterocycles. The maximum Gasteiger partial charge on any atom is 0.238 e. The number of carbonyl (C=O) groups is 1. The van der Waals surface area contributed by atoms with Gasteiger partial charge in [0.05, 0.1) is 43.2 Å². The van der Waals surface area contributed by atoms with Crippen LogP contribution in [0.2, 0.25) is 0 Å². The molecule has 1 aliphatic rings. The number of carbonyl (C=O) groups excluding carboxylic acids is 1. The SMILES string of the molecule is COc1ccc(-n2nc(C)c3c2NC(=O)[C@H](C)S[C@@H]3c2cccc(OC)c2OC)cc1. The standard InChI is InChI=1S/C23H25N3O4S/c1-13-19-21(17-7-6-8-18(29-4)20(17)30-5)31-14(2)23(27)24-22(19)26(25-13)15-9-11-16(28-3)12-10-15/h6-12,14,21H,1-5H3,(H,24,27)/t14-,21+/m0/s1. The van der Waals surface area contributed by atoms with Crippen LogP contribution < -0.4 is 19.5 Å². The molecule has 0 aliphatic carbocycles. The van der Waals surface area contributed by atoms with Crippen molar-refractivity contribution in [1.29, 1.82) is 0 Å². The molecule has 2 aromatic carbocycles. The second kappa shape index (κ2) is 8.55. The number of ether oxygens (including phenoxy) is 3. The highest BCUT2D eigenvalue weighted by Crippen LogP contribution is 2.50. The Kier molecular flexibility index (Phi) is 5.82. The van der Waals surface area contributed by atoms with Gasteiger partial charge in [0.1, 0.15) is 11.6 Å². The molecule has 4 rings (SSSR count). The van der Waals surface area contributed by atoms with Crippen molar-refractivity contribution in [3.63, 3.8) is 0 Å². The molecule has 1 aromatic heterocycles. The Bertz CT molecular complexity index is 1110. The van der Waals surface area contributed by atoms with Crippen molar-refractivity contribution in [1.82, 2.24) is 9.78 Å². The summed E-state index contributed by atoms with van der Waals surface area (Å²) in [6, 6.07) is 13.4. The van der Waals surface area contributed by atoms with Crippen LogP contribution in [0.15, 0.2) is 42.5 Å². The van der Waals surface area contributed by atoms with E-state index in [0.29, 0.717) is 17.3 Å². The number of hydrogen-bond donors (Lipinski definition) is 1. The summed E-state index contributed by atoms with van der Waals surface area (Å²) in [5.41, 5.74) is 3.56. The van der Waals surface area contributed by atoms with Gasteiger partial charge >= 0.3 is 0 Å². The van der Waals surface area contributed by atoms with E-state index in [1.54, 1.807) is 37.8 Å². The van der Waals surface area contributed by atoms with Gasteiger partial charge in [-0.25, -0.2) is 4.68 Å². The van der Waals surface area contributed by atoms with E-state index >= 15 is 0 Å². The average molecular weight is 440 g/mol. The first kappa shape index (κ1) is 21.1. The Labute approximate surface area is 185 Å². The van der Waals surface area contributed by atoms with Gasteiger partial charge in [0, 0.05) is 11.1 Å². The van der Waals surface area contributed by atoms with Crippen molar-refractivity contribution in [3.05, 3.63) is 59.3 Å². The summed E-state index contributed by atoms with van der Waals surface area (Å²) in [5.74, 6) is 2.67. The predicted molar refractivity (Wildman–Crippen MR) is 122 cm³/mol. The first-order valence-electron chi connectivity index (χ1n) is 9.89. The summed E-state index contributed by atoms with van der Waals surface area (Å²) in [4.78, 5) is 12.9. The third-order valence-corrected chi connectivity index (χ3v) is 6.74. The highest BCUT2D eigenvalue weighted by molar-refractivity contribution is 8.01. The molecule has 1 N–H and O–H groups in total. The van der Waals surface area contributed by atoms with Crippen LogP contribution in [0.3, 0.4) is 0 Å². The number of fused-ring (bicyclic) bond motifs is 1. The molecule has 0 radical (unpaired) electrons. The van der Waals surface area contributed by atoms with E-state index in [-0.39, 0.29) is 16.4 Å². The summed E-state index contributed by atoms with van der Waals surface area (Å²) in [7, 11) is 4.88. The van der Waals surface area contributed by atoms with Gasteiger partial charge in [-0.2, -0.15) is 5.10 Å². The quantitative estimate of drug-likeness (QED) is 0.636. The second-order valence-electron chi connectivity index (χ2n) is 7.19. The highest BCUT2D eigenvalue weighted by Gasteiger charge is 2.35. The number of amides is 1. The van der Waals surface area contributed by atoms with Crippen LogP contribution in [-0.2, 0) is 4.79 Å². The second-order valence-corrected chi connectivity index (χ2v) is 8.64. The van der Waals surface area contributed by atoms with Crippen molar-refractivity contribution in [2.45, 2.75) is 24.3 Å². The van der Waals surface area contributed by atoms with Crippen LogP contribution in [0, 0.1) is 6.92 Å². The van der Waals surface area contributed by atoms with E-state index < -0.39 is 0 Å². The molecule has 0 bridgehead atoms. The fourth-order valence-electron chi connectivity index (χ4n) is 3.78. The average Bonchev–Trinajstić information content (AvgIpc) is 3.04. The zero-order valence-corrected chi connectivity index (χ0v) is 18.9. The van der Waals surface area contributed by atoms with E-state index in [2.05, 4.69) is 5.32 Å². The van der Waals surface area contributed by atoms with Crippen molar-refractivity contribution in [2.75, 3.05) is 26.6 Å². The first-order valence-corrected chi connectivity index (χ1v) is 10.8. The number of nitrogens with zero attached hydrogens (tertiary/aromatic N) is 2. The molecule has 0 fully saturated rings. The van der Waals surface area contributed by atoms with Gasteiger partial charge in [0.2, 0.25) is 5.91 Å². The Hall–Kier alpha value is -3.13. The molecule has 3 aromatic rings. The maximum absolute atomic E-state index is 12.9. The number of nitrogens with one attached hydrogen (secondary N) is 1. The van der Waals surface area contributed by atoms with E-state index in [4.69, 9.17) is 19.3 Å². The summed E-state index contributed by atoms with van der Waals surface area (Å²) >= 11 is 1.57. The lowest BCUT2D eigenvalue weighted by Crippen LogP contribution is -2.22. The smallest absolute Gasteiger partial charge is 0.238 e. The van der Waals surface area contributed by atoms with Crippen molar-refractivity contribution in [2.24, 2.45) is 0 Å². The Balaban J connectivity index is 1.91. The van der Waals surface area contributed by atoms with Crippen molar-refractivity contribution in [3.8, 4) is 22.9 Å². The molecule has 1 amide bonds. The summed E-state index contributed by atoms with van der Waals surface area (Å²) in [6.45, 7) is 3.87. The maximum atomic E-state index is 12.9. The molecule has 2 atom stereocenters. The number of aryl methyl sites for hydroxylation is 1. The molecule has 0 saturated carbocycles. The molecule has 8 heteroatoms. The van der Waals surface area contributed by atoms with Crippen LogP contribution in [0.1, 0.15) is 29.0 Å². The largest absolute Gasteiger partial charge is 0.497 e. The van der Waals surface area contributed by atoms with Gasteiger partial charge in [-0.1, -0.05) is 12.1 Å². The fraction of sp³-hybridized carbons (Fsp3) is 0.304. The molecular formula is C23H25N3O4S. The van der Waals surface area contributed by atoms with Crippen LogP contribution in [0.4, 0.5) is 5.82 Å². The fourth-order valence-corrected chi connectivity index (χ4v) is 5.12. The molecular weight excluding hydrogens is 414 g/mol. The molecule has 0 unspecified atom stereocenters. The van der Waals surface area contributed by atoms with Gasteiger partial charge in [-0.05, 0) is 44.2 Å². The number of anilines is 1. The molecule has 31 heavy (non-hydrogen) atoms. The molecule has 0 saturated heterocycles. The first-order chi connectivity index (χ1) is 15.0. The number of aromatic nitrogens is 2. The zero-order valence-electron chi connectivity index (χ0n) is 18.1. The molecule has 0 spiro atoms.